The molecule has 2 amide bonds. The summed E-state index contributed by atoms with van der Waals surface area (Å²) in [5.41, 5.74) is 1.17. The van der Waals surface area contributed by atoms with Gasteiger partial charge in [0, 0.05) is 28.4 Å². The van der Waals surface area contributed by atoms with Gasteiger partial charge in [-0.15, -0.1) is 11.3 Å². The van der Waals surface area contributed by atoms with Crippen LogP contribution < -0.4 is 4.74 Å². The summed E-state index contributed by atoms with van der Waals surface area (Å²) in [5.74, 6) is 1.08. The fraction of sp³-hybridized carbons (Fsp3) is 0.478. The van der Waals surface area contributed by atoms with Crippen LogP contribution in [0.1, 0.15) is 42.2 Å². The second-order valence-electron chi connectivity index (χ2n) is 8.39. The molecule has 3 aliphatic rings. The van der Waals surface area contributed by atoms with Crippen molar-refractivity contribution in [1.82, 2.24) is 9.80 Å². The van der Waals surface area contributed by atoms with Gasteiger partial charge in [-0.25, -0.2) is 0 Å². The van der Waals surface area contributed by atoms with E-state index < -0.39 is 0 Å². The molecule has 0 radical (unpaired) electrons. The first-order valence-electron chi connectivity index (χ1n) is 10.6. The Bertz CT molecular complexity index is 936. The van der Waals surface area contributed by atoms with Crippen LogP contribution in [-0.4, -0.2) is 47.4 Å². The van der Waals surface area contributed by atoms with Crippen molar-refractivity contribution in [2.45, 2.75) is 44.2 Å². The molecule has 2 aromatic rings. The van der Waals surface area contributed by atoms with Crippen LogP contribution >= 0.6 is 22.9 Å². The Labute approximate surface area is 185 Å². The fourth-order valence-corrected chi connectivity index (χ4v) is 5.21. The number of hydrogen-bond donors (Lipinski definition) is 0. The van der Waals surface area contributed by atoms with Crippen LogP contribution in [0.2, 0.25) is 5.02 Å². The number of hydrogen-bond acceptors (Lipinski definition) is 4. The lowest BCUT2D eigenvalue weighted by molar-refractivity contribution is -0.143. The quantitative estimate of drug-likeness (QED) is 0.639. The van der Waals surface area contributed by atoms with Crippen molar-refractivity contribution in [3.05, 3.63) is 51.2 Å². The molecule has 0 saturated heterocycles. The molecule has 0 unspecified atom stereocenters. The van der Waals surface area contributed by atoms with Crippen molar-refractivity contribution in [2.75, 3.05) is 19.7 Å². The van der Waals surface area contributed by atoms with E-state index in [0.717, 1.165) is 37.9 Å². The molecule has 5 rings (SSSR count). The minimum Gasteiger partial charge on any atom is -0.491 e. The van der Waals surface area contributed by atoms with Gasteiger partial charge in [0.25, 0.3) is 0 Å². The van der Waals surface area contributed by atoms with Gasteiger partial charge in [0.1, 0.15) is 18.9 Å². The Morgan fingerprint density at radius 2 is 1.90 bits per heavy atom. The van der Waals surface area contributed by atoms with E-state index >= 15 is 0 Å². The summed E-state index contributed by atoms with van der Waals surface area (Å²) in [4.78, 5) is 31.1. The number of ether oxygens (including phenoxy) is 1. The van der Waals surface area contributed by atoms with E-state index in [4.69, 9.17) is 16.3 Å². The molecule has 2 aliphatic carbocycles. The molecule has 1 aromatic carbocycles. The largest absolute Gasteiger partial charge is 0.491 e. The zero-order valence-corrected chi connectivity index (χ0v) is 18.3. The average Bonchev–Trinajstić information content (AvgIpc) is 3.68. The van der Waals surface area contributed by atoms with Crippen molar-refractivity contribution in [3.63, 3.8) is 0 Å². The summed E-state index contributed by atoms with van der Waals surface area (Å²) in [5, 5.41) is 2.75. The number of benzene rings is 1. The van der Waals surface area contributed by atoms with Crippen LogP contribution in [0.3, 0.4) is 0 Å². The van der Waals surface area contributed by atoms with Crippen LogP contribution in [0.25, 0.3) is 0 Å². The third-order valence-electron chi connectivity index (χ3n) is 6.14. The van der Waals surface area contributed by atoms with E-state index in [-0.39, 0.29) is 36.4 Å². The van der Waals surface area contributed by atoms with E-state index in [0.29, 0.717) is 18.2 Å². The molecule has 0 bridgehead atoms. The average molecular weight is 445 g/mol. The Morgan fingerprint density at radius 1 is 1.13 bits per heavy atom. The lowest BCUT2D eigenvalue weighted by Gasteiger charge is -2.37. The maximum Gasteiger partial charge on any atom is 0.242 e. The number of nitrogens with zero attached hydrogens (tertiary/aromatic N) is 2. The van der Waals surface area contributed by atoms with E-state index in [1.807, 2.05) is 21.9 Å². The van der Waals surface area contributed by atoms with Crippen molar-refractivity contribution in [3.8, 4) is 5.75 Å². The summed E-state index contributed by atoms with van der Waals surface area (Å²) in [6.07, 6.45) is 4.83. The van der Waals surface area contributed by atoms with E-state index in [2.05, 4.69) is 11.4 Å². The standard InChI is InChI=1S/C23H25ClN2O3S/c24-16-3-7-18(8-4-16)29-14-20-19-10-12-30-21(19)9-11-25(20)22(27)13-26(17-5-6-17)23(28)15-1-2-15/h3-4,7-8,10,12,15,17,20H,1-2,5-6,9,11,13-14H2/t20-/m1/s1. The molecule has 1 atom stereocenters. The fourth-order valence-electron chi connectivity index (χ4n) is 4.16. The van der Waals surface area contributed by atoms with Crippen LogP contribution in [-0.2, 0) is 16.0 Å². The highest BCUT2D eigenvalue weighted by Crippen LogP contribution is 2.37. The normalized spacial score (nSPS) is 20.6. The predicted molar refractivity (Wildman–Crippen MR) is 117 cm³/mol. The van der Waals surface area contributed by atoms with Gasteiger partial charge in [-0.1, -0.05) is 11.6 Å². The van der Waals surface area contributed by atoms with Crippen molar-refractivity contribution < 1.29 is 14.3 Å². The number of fused-ring (bicyclic) bond motifs is 1. The summed E-state index contributed by atoms with van der Waals surface area (Å²) >= 11 is 7.71. The molecule has 158 valence electrons. The number of carbonyl (C=O) groups is 2. The maximum absolute atomic E-state index is 13.3. The third kappa shape index (κ3) is 4.21. The van der Waals surface area contributed by atoms with Crippen molar-refractivity contribution >= 4 is 34.8 Å². The highest BCUT2D eigenvalue weighted by molar-refractivity contribution is 7.10. The molecule has 1 aromatic heterocycles. The van der Waals surface area contributed by atoms with Gasteiger partial charge in [-0.05, 0) is 73.4 Å². The number of rotatable bonds is 7. The lowest BCUT2D eigenvalue weighted by atomic mass is 10.0. The summed E-state index contributed by atoms with van der Waals surface area (Å²) in [6, 6.07) is 9.50. The summed E-state index contributed by atoms with van der Waals surface area (Å²) in [7, 11) is 0. The molecular formula is C23H25ClN2O3S. The van der Waals surface area contributed by atoms with Gasteiger partial charge in [-0.2, -0.15) is 0 Å². The molecule has 7 heteroatoms. The first-order valence-corrected chi connectivity index (χ1v) is 11.9. The first kappa shape index (κ1) is 19.9. The topological polar surface area (TPSA) is 49.9 Å². The monoisotopic (exact) mass is 444 g/mol. The highest BCUT2D eigenvalue weighted by Gasteiger charge is 2.42. The minimum atomic E-state index is -0.139. The Kier molecular flexibility index (Phi) is 5.46. The molecule has 1 aliphatic heterocycles. The number of carbonyl (C=O) groups excluding carboxylic acids is 2. The molecule has 5 nitrogen and oxygen atoms in total. The van der Waals surface area contributed by atoms with Gasteiger partial charge in [0.05, 0.1) is 6.04 Å². The summed E-state index contributed by atoms with van der Waals surface area (Å²) in [6.45, 7) is 1.24. The van der Waals surface area contributed by atoms with E-state index in [9.17, 15) is 9.59 Å². The van der Waals surface area contributed by atoms with E-state index in [1.54, 1.807) is 23.5 Å². The Balaban J connectivity index is 1.32. The Hall–Kier alpha value is -2.05. The van der Waals surface area contributed by atoms with Crippen molar-refractivity contribution in [1.29, 1.82) is 0 Å². The minimum absolute atomic E-state index is 0.0254. The van der Waals surface area contributed by atoms with E-state index in [1.165, 1.54) is 10.4 Å². The number of amides is 2. The first-order chi connectivity index (χ1) is 14.6. The van der Waals surface area contributed by atoms with Gasteiger partial charge in [-0.3, -0.25) is 9.59 Å². The van der Waals surface area contributed by atoms with Gasteiger partial charge >= 0.3 is 0 Å². The highest BCUT2D eigenvalue weighted by atomic mass is 35.5. The van der Waals surface area contributed by atoms with Crippen LogP contribution in [0.5, 0.6) is 5.75 Å². The van der Waals surface area contributed by atoms with Crippen LogP contribution in [0.15, 0.2) is 35.7 Å². The Morgan fingerprint density at radius 3 is 2.60 bits per heavy atom. The number of halogens is 1. The van der Waals surface area contributed by atoms with Crippen molar-refractivity contribution in [2.24, 2.45) is 5.92 Å². The van der Waals surface area contributed by atoms with Crippen LogP contribution in [0, 0.1) is 5.92 Å². The molecule has 2 fully saturated rings. The molecule has 2 saturated carbocycles. The molecule has 30 heavy (non-hydrogen) atoms. The van der Waals surface area contributed by atoms with Gasteiger partial charge in [0.15, 0.2) is 0 Å². The predicted octanol–water partition coefficient (Wildman–Crippen LogP) is 4.31. The zero-order chi connectivity index (χ0) is 20.7. The van der Waals surface area contributed by atoms with Gasteiger partial charge < -0.3 is 14.5 Å². The zero-order valence-electron chi connectivity index (χ0n) is 16.8. The SMILES string of the molecule is O=C(C1CC1)N(CC(=O)N1CCc2sccc2[C@H]1COc1ccc(Cl)cc1)C1CC1. The lowest BCUT2D eigenvalue weighted by Crippen LogP contribution is -2.48. The molecule has 0 N–H and O–H groups in total. The maximum atomic E-state index is 13.3. The molecule has 2 heterocycles. The van der Waals surface area contributed by atoms with Crippen LogP contribution in [0.4, 0.5) is 0 Å². The molecular weight excluding hydrogens is 420 g/mol. The third-order valence-corrected chi connectivity index (χ3v) is 7.39. The second-order valence-corrected chi connectivity index (χ2v) is 9.83. The van der Waals surface area contributed by atoms with Gasteiger partial charge in [0.2, 0.25) is 11.8 Å². The smallest absolute Gasteiger partial charge is 0.242 e. The summed E-state index contributed by atoms with van der Waals surface area (Å²) < 4.78 is 6.04. The number of thiophene rings is 1. The molecule has 0 spiro atoms. The second kappa shape index (κ2) is 8.23.